The number of halogens is 2. The molecule has 2 saturated heterocycles. The Balaban J connectivity index is 0.000000902. The van der Waals surface area contributed by atoms with Crippen LogP contribution in [0.15, 0.2) is 24.5 Å². The number of anilines is 1. The molecular formula is C14H23Cl2N3. The Hall–Kier alpha value is -0.510. The zero-order chi connectivity index (χ0) is 11.6. The van der Waals surface area contributed by atoms with E-state index in [1.807, 2.05) is 12.4 Å². The summed E-state index contributed by atoms with van der Waals surface area (Å²) in [6, 6.07) is 4.25. The van der Waals surface area contributed by atoms with Crippen molar-refractivity contribution in [2.24, 2.45) is 5.41 Å². The molecule has 108 valence electrons. The van der Waals surface area contributed by atoms with E-state index in [1.165, 1.54) is 57.5 Å². The molecule has 0 bridgehead atoms. The third-order valence-corrected chi connectivity index (χ3v) is 4.52. The van der Waals surface area contributed by atoms with Gasteiger partial charge in [-0.25, -0.2) is 0 Å². The molecule has 5 heteroatoms. The normalized spacial score (nSPS) is 21.4. The highest BCUT2D eigenvalue weighted by molar-refractivity contribution is 5.85. The van der Waals surface area contributed by atoms with Gasteiger partial charge in [-0.05, 0) is 56.3 Å². The van der Waals surface area contributed by atoms with Gasteiger partial charge in [0.05, 0.1) is 0 Å². The largest absolute Gasteiger partial charge is 0.371 e. The Bertz CT molecular complexity index is 356. The summed E-state index contributed by atoms with van der Waals surface area (Å²) in [4.78, 5) is 6.60. The van der Waals surface area contributed by atoms with Gasteiger partial charge in [-0.2, -0.15) is 0 Å². The van der Waals surface area contributed by atoms with Crippen LogP contribution in [0.5, 0.6) is 0 Å². The zero-order valence-corrected chi connectivity index (χ0v) is 12.8. The van der Waals surface area contributed by atoms with E-state index < -0.39 is 0 Å². The zero-order valence-electron chi connectivity index (χ0n) is 11.2. The summed E-state index contributed by atoms with van der Waals surface area (Å²) in [7, 11) is 0. The van der Waals surface area contributed by atoms with E-state index in [2.05, 4.69) is 27.3 Å². The Labute approximate surface area is 128 Å². The molecule has 3 rings (SSSR count). The first-order valence-electron chi connectivity index (χ1n) is 6.74. The van der Waals surface area contributed by atoms with E-state index in [0.29, 0.717) is 5.41 Å². The molecule has 1 N–H and O–H groups in total. The summed E-state index contributed by atoms with van der Waals surface area (Å²) >= 11 is 0. The summed E-state index contributed by atoms with van der Waals surface area (Å²) in [6.45, 7) is 4.86. The second-order valence-electron chi connectivity index (χ2n) is 5.44. The Morgan fingerprint density at radius 3 is 2.11 bits per heavy atom. The molecular weight excluding hydrogens is 281 g/mol. The van der Waals surface area contributed by atoms with Crippen molar-refractivity contribution in [3.05, 3.63) is 24.5 Å². The number of nitrogens with zero attached hydrogens (tertiary/aromatic N) is 2. The minimum Gasteiger partial charge on any atom is -0.371 e. The lowest BCUT2D eigenvalue weighted by Gasteiger charge is -2.45. The number of hydrogen-bond donors (Lipinski definition) is 1. The molecule has 1 aromatic rings. The molecule has 1 spiro atoms. The number of aromatic nitrogens is 1. The third-order valence-electron chi connectivity index (χ3n) is 4.52. The van der Waals surface area contributed by atoms with Crippen LogP contribution in [0.3, 0.4) is 0 Å². The van der Waals surface area contributed by atoms with E-state index in [9.17, 15) is 0 Å². The summed E-state index contributed by atoms with van der Waals surface area (Å²) < 4.78 is 0. The van der Waals surface area contributed by atoms with Gasteiger partial charge >= 0.3 is 0 Å². The summed E-state index contributed by atoms with van der Waals surface area (Å²) in [6.07, 6.45) is 9.25. The third kappa shape index (κ3) is 3.74. The first-order chi connectivity index (χ1) is 8.38. The van der Waals surface area contributed by atoms with Crippen molar-refractivity contribution in [3.8, 4) is 0 Å². The van der Waals surface area contributed by atoms with Gasteiger partial charge in [0.25, 0.3) is 0 Å². The van der Waals surface area contributed by atoms with Crippen LogP contribution in [0.2, 0.25) is 0 Å². The number of piperidine rings is 2. The molecule has 19 heavy (non-hydrogen) atoms. The molecule has 0 aliphatic carbocycles. The Morgan fingerprint density at radius 1 is 0.947 bits per heavy atom. The number of pyridine rings is 1. The number of rotatable bonds is 1. The highest BCUT2D eigenvalue weighted by Gasteiger charge is 2.35. The smallest absolute Gasteiger partial charge is 0.0397 e. The predicted octanol–water partition coefficient (Wildman–Crippen LogP) is 2.90. The van der Waals surface area contributed by atoms with Crippen molar-refractivity contribution in [1.29, 1.82) is 0 Å². The van der Waals surface area contributed by atoms with Gasteiger partial charge in [0.15, 0.2) is 0 Å². The Kier molecular flexibility index (Phi) is 6.37. The van der Waals surface area contributed by atoms with E-state index in [4.69, 9.17) is 0 Å². The topological polar surface area (TPSA) is 28.2 Å². The van der Waals surface area contributed by atoms with E-state index >= 15 is 0 Å². The first-order valence-corrected chi connectivity index (χ1v) is 6.74. The van der Waals surface area contributed by atoms with E-state index in [1.54, 1.807) is 0 Å². The highest BCUT2D eigenvalue weighted by atomic mass is 35.5. The molecule has 0 atom stereocenters. The van der Waals surface area contributed by atoms with Gasteiger partial charge in [0.2, 0.25) is 0 Å². The van der Waals surface area contributed by atoms with Crippen molar-refractivity contribution in [2.45, 2.75) is 25.7 Å². The minimum absolute atomic E-state index is 0. The van der Waals surface area contributed by atoms with Gasteiger partial charge < -0.3 is 10.2 Å². The minimum atomic E-state index is 0. The van der Waals surface area contributed by atoms with Crippen molar-refractivity contribution in [3.63, 3.8) is 0 Å². The number of hydrogen-bond acceptors (Lipinski definition) is 3. The maximum absolute atomic E-state index is 4.09. The second kappa shape index (κ2) is 7.32. The predicted molar refractivity (Wildman–Crippen MR) is 84.7 cm³/mol. The molecule has 2 aliphatic rings. The number of nitrogens with one attached hydrogen (secondary N) is 1. The average Bonchev–Trinajstić information content (AvgIpc) is 2.42. The molecule has 3 heterocycles. The molecule has 0 unspecified atom stereocenters. The fraction of sp³-hybridized carbons (Fsp3) is 0.643. The van der Waals surface area contributed by atoms with Crippen LogP contribution < -0.4 is 10.2 Å². The first kappa shape index (κ1) is 16.5. The molecule has 1 aromatic heterocycles. The quantitative estimate of drug-likeness (QED) is 0.865. The van der Waals surface area contributed by atoms with Crippen molar-refractivity contribution in [2.75, 3.05) is 31.1 Å². The molecule has 0 amide bonds. The van der Waals surface area contributed by atoms with Crippen molar-refractivity contribution < 1.29 is 0 Å². The van der Waals surface area contributed by atoms with Crippen molar-refractivity contribution in [1.82, 2.24) is 10.3 Å². The molecule has 3 nitrogen and oxygen atoms in total. The van der Waals surface area contributed by atoms with E-state index in [0.717, 1.165) is 0 Å². The lowest BCUT2D eigenvalue weighted by Crippen LogP contribution is -2.45. The van der Waals surface area contributed by atoms with Gasteiger partial charge in [-0.15, -0.1) is 24.8 Å². The van der Waals surface area contributed by atoms with E-state index in [-0.39, 0.29) is 24.8 Å². The summed E-state index contributed by atoms with van der Waals surface area (Å²) in [5, 5.41) is 3.48. The van der Waals surface area contributed by atoms with Crippen molar-refractivity contribution >= 4 is 30.5 Å². The SMILES string of the molecule is Cl.Cl.c1cc(N2CCC3(CCNCC3)CC2)ccn1. The van der Waals surface area contributed by atoms with Crippen LogP contribution in [0, 0.1) is 5.41 Å². The monoisotopic (exact) mass is 303 g/mol. The average molecular weight is 304 g/mol. The highest BCUT2D eigenvalue weighted by Crippen LogP contribution is 2.40. The lowest BCUT2D eigenvalue weighted by molar-refractivity contribution is 0.155. The Morgan fingerprint density at radius 2 is 1.53 bits per heavy atom. The maximum Gasteiger partial charge on any atom is 0.0397 e. The van der Waals surface area contributed by atoms with Crippen LogP contribution in [0.1, 0.15) is 25.7 Å². The van der Waals surface area contributed by atoms with Gasteiger partial charge in [0, 0.05) is 31.2 Å². The molecule has 2 fully saturated rings. The van der Waals surface area contributed by atoms with Crippen LogP contribution in [-0.2, 0) is 0 Å². The van der Waals surface area contributed by atoms with Crippen LogP contribution in [0.25, 0.3) is 0 Å². The van der Waals surface area contributed by atoms with Gasteiger partial charge in [0.1, 0.15) is 0 Å². The fourth-order valence-corrected chi connectivity index (χ4v) is 3.25. The molecule has 0 saturated carbocycles. The van der Waals surface area contributed by atoms with Crippen LogP contribution >= 0.6 is 24.8 Å². The van der Waals surface area contributed by atoms with Crippen LogP contribution in [-0.4, -0.2) is 31.2 Å². The molecule has 2 aliphatic heterocycles. The molecule has 0 aromatic carbocycles. The van der Waals surface area contributed by atoms with Gasteiger partial charge in [-0.1, -0.05) is 0 Å². The second-order valence-corrected chi connectivity index (χ2v) is 5.44. The standard InChI is InChI=1S/C14H21N3.2ClH/c1-7-15-8-2-13(1)17-11-5-14(6-12-17)3-9-16-10-4-14;;/h1-2,7-8,16H,3-6,9-12H2;2*1H. The van der Waals surface area contributed by atoms with Gasteiger partial charge in [-0.3, -0.25) is 4.98 Å². The summed E-state index contributed by atoms with van der Waals surface area (Å²) in [5.74, 6) is 0. The molecule has 0 radical (unpaired) electrons. The summed E-state index contributed by atoms with van der Waals surface area (Å²) in [5.41, 5.74) is 1.98. The van der Waals surface area contributed by atoms with Crippen LogP contribution in [0.4, 0.5) is 5.69 Å². The fourth-order valence-electron chi connectivity index (χ4n) is 3.25. The maximum atomic E-state index is 4.09. The lowest BCUT2D eigenvalue weighted by atomic mass is 9.71.